The van der Waals surface area contributed by atoms with Gasteiger partial charge in [-0.2, -0.15) is 28.8 Å². The van der Waals surface area contributed by atoms with Crippen LogP contribution >= 0.6 is 11.3 Å². The van der Waals surface area contributed by atoms with Gasteiger partial charge in [0.25, 0.3) is 0 Å². The molecule has 0 aliphatic carbocycles. The van der Waals surface area contributed by atoms with Crippen LogP contribution in [0.15, 0.2) is 39.9 Å². The molecule has 0 atom stereocenters. The lowest BCUT2D eigenvalue weighted by molar-refractivity contribution is -0.136. The van der Waals surface area contributed by atoms with E-state index in [-0.39, 0.29) is 11.4 Å². The van der Waals surface area contributed by atoms with Crippen LogP contribution in [-0.2, 0) is 16.6 Å². The molecule has 0 saturated carbocycles. The predicted molar refractivity (Wildman–Crippen MR) is 83.9 cm³/mol. The molecule has 0 bridgehead atoms. The summed E-state index contributed by atoms with van der Waals surface area (Å²) >= 11 is 1.31. The van der Waals surface area contributed by atoms with Crippen molar-refractivity contribution >= 4 is 21.4 Å². The van der Waals surface area contributed by atoms with Crippen LogP contribution in [0.5, 0.6) is 0 Å². The van der Waals surface area contributed by atoms with Gasteiger partial charge in [-0.3, -0.25) is 0 Å². The van der Waals surface area contributed by atoms with Gasteiger partial charge in [0, 0.05) is 6.54 Å². The Bertz CT molecular complexity index is 769. The maximum Gasteiger partial charge on any atom is 0.402 e. The van der Waals surface area contributed by atoms with Crippen molar-refractivity contribution in [2.45, 2.75) is 31.5 Å². The molecule has 1 aromatic heterocycles. The van der Waals surface area contributed by atoms with Gasteiger partial charge in [0.1, 0.15) is 6.54 Å². The van der Waals surface area contributed by atoms with Gasteiger partial charge in [0.2, 0.25) is 10.0 Å². The van der Waals surface area contributed by atoms with Crippen LogP contribution in [0, 0.1) is 13.8 Å². The summed E-state index contributed by atoms with van der Waals surface area (Å²) in [6.45, 7) is 1.45. The number of benzene rings is 1. The number of aryl methyl sites for hydroxylation is 2. The van der Waals surface area contributed by atoms with Gasteiger partial charge in [-0.25, -0.2) is 8.42 Å². The molecule has 2 rings (SSSR count). The highest BCUT2D eigenvalue weighted by molar-refractivity contribution is 7.89. The molecule has 0 N–H and O–H groups in total. The molecule has 1 heterocycles. The first-order valence-electron chi connectivity index (χ1n) is 6.75. The number of nitrogens with zero attached hydrogens (tertiary/aromatic N) is 1. The molecule has 126 valence electrons. The fourth-order valence-electron chi connectivity index (χ4n) is 2.14. The van der Waals surface area contributed by atoms with Gasteiger partial charge in [-0.15, -0.1) is 0 Å². The Morgan fingerprint density at radius 1 is 1.17 bits per heavy atom. The smallest absolute Gasteiger partial charge is 0.207 e. The lowest BCUT2D eigenvalue weighted by Crippen LogP contribution is -2.38. The lowest BCUT2D eigenvalue weighted by Gasteiger charge is -2.24. The zero-order valence-corrected chi connectivity index (χ0v) is 14.2. The van der Waals surface area contributed by atoms with Crippen molar-refractivity contribution in [3.63, 3.8) is 0 Å². The summed E-state index contributed by atoms with van der Waals surface area (Å²) < 4.78 is 64.5. The highest BCUT2D eigenvalue weighted by Gasteiger charge is 2.37. The molecule has 3 nitrogen and oxygen atoms in total. The van der Waals surface area contributed by atoms with Crippen LogP contribution in [-0.4, -0.2) is 25.4 Å². The number of hydrogen-bond acceptors (Lipinski definition) is 3. The van der Waals surface area contributed by atoms with E-state index >= 15 is 0 Å². The largest absolute Gasteiger partial charge is 0.402 e. The summed E-state index contributed by atoms with van der Waals surface area (Å²) in [7, 11) is -4.25. The highest BCUT2D eigenvalue weighted by Crippen LogP contribution is 2.27. The Morgan fingerprint density at radius 2 is 1.87 bits per heavy atom. The van der Waals surface area contributed by atoms with E-state index in [0.29, 0.717) is 21.0 Å². The molecular weight excluding hydrogens is 347 g/mol. The Kier molecular flexibility index (Phi) is 5.17. The minimum absolute atomic E-state index is 0.0861. The van der Waals surface area contributed by atoms with Crippen molar-refractivity contribution in [3.05, 3.63) is 51.7 Å². The van der Waals surface area contributed by atoms with E-state index in [4.69, 9.17) is 0 Å². The third kappa shape index (κ3) is 4.55. The molecule has 8 heteroatoms. The van der Waals surface area contributed by atoms with Crippen molar-refractivity contribution < 1.29 is 21.6 Å². The van der Waals surface area contributed by atoms with Gasteiger partial charge in [-0.1, -0.05) is 12.1 Å². The summed E-state index contributed by atoms with van der Waals surface area (Å²) in [6.07, 6.45) is -4.61. The molecule has 0 spiro atoms. The topological polar surface area (TPSA) is 37.4 Å². The second-order valence-electron chi connectivity index (χ2n) is 5.29. The zero-order valence-electron chi connectivity index (χ0n) is 12.6. The molecule has 2 aromatic rings. The summed E-state index contributed by atoms with van der Waals surface area (Å²) in [6, 6.07) is 6.34. The molecular formula is C15H16F3NO2S2. The first-order valence-corrected chi connectivity index (χ1v) is 9.13. The Morgan fingerprint density at radius 3 is 2.43 bits per heavy atom. The monoisotopic (exact) mass is 363 g/mol. The Balaban J connectivity index is 2.45. The highest BCUT2D eigenvalue weighted by atomic mass is 32.2. The van der Waals surface area contributed by atoms with Gasteiger partial charge >= 0.3 is 6.18 Å². The van der Waals surface area contributed by atoms with E-state index < -0.39 is 22.7 Å². The van der Waals surface area contributed by atoms with Gasteiger partial charge in [0.15, 0.2) is 0 Å². The van der Waals surface area contributed by atoms with Crippen molar-refractivity contribution in [1.29, 1.82) is 0 Å². The van der Waals surface area contributed by atoms with Gasteiger partial charge in [0.05, 0.1) is 4.90 Å². The van der Waals surface area contributed by atoms with Gasteiger partial charge in [-0.05, 0) is 53.4 Å². The zero-order chi connectivity index (χ0) is 17.3. The lowest BCUT2D eigenvalue weighted by atomic mass is 10.2. The molecule has 0 unspecified atom stereocenters. The first-order chi connectivity index (χ1) is 10.6. The molecule has 23 heavy (non-hydrogen) atoms. The Hall–Kier alpha value is -1.38. The fourth-order valence-corrected chi connectivity index (χ4v) is 4.52. The van der Waals surface area contributed by atoms with E-state index in [9.17, 15) is 21.6 Å². The normalized spacial score (nSPS) is 12.8. The summed E-state index contributed by atoms with van der Waals surface area (Å²) in [5.41, 5.74) is 1.64. The van der Waals surface area contributed by atoms with E-state index in [1.165, 1.54) is 17.4 Å². The number of alkyl halides is 3. The number of hydrogen-bond donors (Lipinski definition) is 0. The molecule has 0 saturated heterocycles. The predicted octanol–water partition coefficient (Wildman–Crippen LogP) is 4.12. The minimum Gasteiger partial charge on any atom is -0.207 e. The number of halogens is 3. The van der Waals surface area contributed by atoms with Gasteiger partial charge < -0.3 is 0 Å². The van der Waals surface area contributed by atoms with Crippen molar-refractivity contribution in [1.82, 2.24) is 4.31 Å². The molecule has 0 fully saturated rings. The molecule has 1 aromatic carbocycles. The fraction of sp³-hybridized carbons (Fsp3) is 0.333. The summed E-state index contributed by atoms with van der Waals surface area (Å²) in [5, 5.41) is 3.34. The maximum atomic E-state index is 12.9. The Labute approximate surface area is 137 Å². The first kappa shape index (κ1) is 18.0. The van der Waals surface area contributed by atoms with Crippen LogP contribution < -0.4 is 0 Å². The second kappa shape index (κ2) is 6.62. The van der Waals surface area contributed by atoms with Crippen molar-refractivity contribution in [3.8, 4) is 0 Å². The van der Waals surface area contributed by atoms with E-state index in [0.717, 1.165) is 0 Å². The molecule has 0 amide bonds. The third-order valence-electron chi connectivity index (χ3n) is 3.26. The average molecular weight is 363 g/mol. The van der Waals surface area contributed by atoms with E-state index in [2.05, 4.69) is 0 Å². The number of sulfonamides is 1. The van der Waals surface area contributed by atoms with Crippen molar-refractivity contribution in [2.24, 2.45) is 0 Å². The average Bonchev–Trinajstić information content (AvgIpc) is 2.92. The number of rotatable bonds is 5. The molecule has 0 radical (unpaired) electrons. The second-order valence-corrected chi connectivity index (χ2v) is 7.98. The van der Waals surface area contributed by atoms with Crippen LogP contribution in [0.1, 0.15) is 16.7 Å². The summed E-state index contributed by atoms with van der Waals surface area (Å²) in [5.74, 6) is 0. The maximum absolute atomic E-state index is 12.9. The van der Waals surface area contributed by atoms with Crippen LogP contribution in [0.4, 0.5) is 13.2 Å². The SMILES string of the molecule is Cc1ccc(C)c(S(=O)(=O)N(Cc2ccsc2)CC(F)(F)F)c1. The van der Waals surface area contributed by atoms with E-state index in [1.807, 2.05) is 0 Å². The van der Waals surface area contributed by atoms with E-state index in [1.54, 1.807) is 42.8 Å². The quantitative estimate of drug-likeness (QED) is 0.801. The molecule has 0 aliphatic heterocycles. The third-order valence-corrected chi connectivity index (χ3v) is 5.92. The van der Waals surface area contributed by atoms with Crippen LogP contribution in [0.3, 0.4) is 0 Å². The van der Waals surface area contributed by atoms with Crippen molar-refractivity contribution in [2.75, 3.05) is 6.54 Å². The van der Waals surface area contributed by atoms with Crippen LogP contribution in [0.2, 0.25) is 0 Å². The number of thiophene rings is 1. The summed E-state index contributed by atoms with van der Waals surface area (Å²) in [4.78, 5) is -0.0861. The molecule has 0 aliphatic rings. The standard InChI is InChI=1S/C15H16F3NO2S2/c1-11-3-4-12(2)14(7-11)23(20,21)19(10-15(16,17)18)8-13-5-6-22-9-13/h3-7,9H,8,10H2,1-2H3. The minimum atomic E-state index is -4.61. The van der Waals surface area contributed by atoms with Crippen LogP contribution in [0.25, 0.3) is 0 Å².